The first-order chi connectivity index (χ1) is 9.01. The number of carbonyl (C=O) groups is 1. The van der Waals surface area contributed by atoms with Crippen molar-refractivity contribution in [1.29, 1.82) is 0 Å². The zero-order chi connectivity index (χ0) is 14.0. The van der Waals surface area contributed by atoms with Gasteiger partial charge in [0.05, 0.1) is 11.7 Å². The predicted octanol–water partition coefficient (Wildman–Crippen LogP) is 3.15. The molecule has 1 aliphatic rings. The van der Waals surface area contributed by atoms with Crippen molar-refractivity contribution in [2.45, 2.75) is 58.1 Å². The fraction of sp³-hybridized carbons (Fsp3) is 0.667. The molecular formula is C15H23NO2S. The van der Waals surface area contributed by atoms with Gasteiger partial charge in [0.15, 0.2) is 0 Å². The molecule has 0 bridgehead atoms. The van der Waals surface area contributed by atoms with Crippen molar-refractivity contribution < 1.29 is 9.90 Å². The summed E-state index contributed by atoms with van der Waals surface area (Å²) in [5.74, 6) is 0.929. The van der Waals surface area contributed by atoms with Gasteiger partial charge in [0.25, 0.3) is 5.91 Å². The van der Waals surface area contributed by atoms with E-state index in [2.05, 4.69) is 26.1 Å². The third-order valence-electron chi connectivity index (χ3n) is 3.93. The first kappa shape index (κ1) is 14.5. The van der Waals surface area contributed by atoms with Crippen molar-refractivity contribution in [2.75, 3.05) is 0 Å². The van der Waals surface area contributed by atoms with Crippen LogP contribution in [0.3, 0.4) is 0 Å². The van der Waals surface area contributed by atoms with Crippen LogP contribution in [0.5, 0.6) is 0 Å². The van der Waals surface area contributed by atoms with Gasteiger partial charge in [-0.15, -0.1) is 11.3 Å². The first-order valence-corrected chi connectivity index (χ1v) is 7.96. The van der Waals surface area contributed by atoms with Crippen molar-refractivity contribution in [2.24, 2.45) is 5.92 Å². The van der Waals surface area contributed by atoms with Crippen molar-refractivity contribution in [1.82, 2.24) is 5.32 Å². The number of hydrogen-bond acceptors (Lipinski definition) is 3. The summed E-state index contributed by atoms with van der Waals surface area (Å²) in [5.41, 5.74) is 0.770. The highest BCUT2D eigenvalue weighted by molar-refractivity contribution is 7.10. The lowest BCUT2D eigenvalue weighted by Gasteiger charge is -2.37. The molecule has 1 fully saturated rings. The van der Waals surface area contributed by atoms with Crippen LogP contribution in [0.2, 0.25) is 0 Å². The van der Waals surface area contributed by atoms with Gasteiger partial charge in [0.1, 0.15) is 0 Å². The Kier molecular flexibility index (Phi) is 4.63. The minimum absolute atomic E-state index is 0.0244. The number of carbonyl (C=O) groups excluding carboxylic acids is 1. The summed E-state index contributed by atoms with van der Waals surface area (Å²) < 4.78 is 0. The van der Waals surface area contributed by atoms with E-state index in [9.17, 15) is 9.90 Å². The van der Waals surface area contributed by atoms with Crippen LogP contribution in [0, 0.1) is 5.92 Å². The number of amides is 1. The van der Waals surface area contributed by atoms with Crippen LogP contribution >= 0.6 is 11.3 Å². The van der Waals surface area contributed by atoms with Gasteiger partial charge in [0.2, 0.25) is 0 Å². The molecule has 4 heteroatoms. The number of nitrogens with one attached hydrogen (secondary N) is 1. The second-order valence-electron chi connectivity index (χ2n) is 5.77. The van der Waals surface area contributed by atoms with Crippen molar-refractivity contribution in [3.63, 3.8) is 0 Å². The molecule has 1 unspecified atom stereocenters. The standard InChI is InChI=1S/C15H23NO2S/c1-4-13(10-5-12(17)6-10)16-15(18)11-7-14(9(2)3)19-8-11/h7-10,12-13,17H,4-6H2,1-3H3,(H,16,18). The minimum Gasteiger partial charge on any atom is -0.393 e. The Hall–Kier alpha value is -0.870. The van der Waals surface area contributed by atoms with E-state index in [0.717, 1.165) is 24.8 Å². The lowest BCUT2D eigenvalue weighted by atomic mass is 9.76. The van der Waals surface area contributed by atoms with Gasteiger partial charge in [-0.05, 0) is 37.2 Å². The monoisotopic (exact) mass is 281 g/mol. The van der Waals surface area contributed by atoms with E-state index in [1.807, 2.05) is 11.4 Å². The summed E-state index contributed by atoms with van der Waals surface area (Å²) in [6.07, 6.45) is 2.40. The average molecular weight is 281 g/mol. The average Bonchev–Trinajstić information content (AvgIpc) is 2.82. The SMILES string of the molecule is CCC(NC(=O)c1csc(C(C)C)c1)C1CC(O)C1. The van der Waals surface area contributed by atoms with Gasteiger partial charge < -0.3 is 10.4 Å². The summed E-state index contributed by atoms with van der Waals surface area (Å²) in [6, 6.07) is 2.19. The Morgan fingerprint density at radius 1 is 1.53 bits per heavy atom. The number of thiophene rings is 1. The zero-order valence-corrected chi connectivity index (χ0v) is 12.7. The molecule has 0 aromatic carbocycles. The van der Waals surface area contributed by atoms with E-state index in [4.69, 9.17) is 0 Å². The number of hydrogen-bond donors (Lipinski definition) is 2. The first-order valence-electron chi connectivity index (χ1n) is 7.08. The van der Waals surface area contributed by atoms with Gasteiger partial charge in [-0.25, -0.2) is 0 Å². The highest BCUT2D eigenvalue weighted by Crippen LogP contribution is 2.31. The van der Waals surface area contributed by atoms with Crippen molar-refractivity contribution in [3.8, 4) is 0 Å². The normalized spacial score (nSPS) is 24.1. The molecule has 2 rings (SSSR count). The van der Waals surface area contributed by atoms with Gasteiger partial charge >= 0.3 is 0 Å². The smallest absolute Gasteiger partial charge is 0.252 e. The fourth-order valence-electron chi connectivity index (χ4n) is 2.54. The van der Waals surface area contributed by atoms with Crippen LogP contribution in [0.1, 0.15) is 61.2 Å². The van der Waals surface area contributed by atoms with Crippen LogP contribution in [0.15, 0.2) is 11.4 Å². The molecular weight excluding hydrogens is 258 g/mol. The molecule has 0 saturated heterocycles. The third kappa shape index (κ3) is 3.37. The number of aliphatic hydroxyl groups is 1. The molecule has 19 heavy (non-hydrogen) atoms. The van der Waals surface area contributed by atoms with Crippen molar-refractivity contribution in [3.05, 3.63) is 21.9 Å². The van der Waals surface area contributed by atoms with E-state index in [1.165, 1.54) is 4.88 Å². The van der Waals surface area contributed by atoms with Gasteiger partial charge in [0, 0.05) is 16.3 Å². The van der Waals surface area contributed by atoms with Crippen LogP contribution in [-0.2, 0) is 0 Å². The van der Waals surface area contributed by atoms with Gasteiger partial charge in [-0.2, -0.15) is 0 Å². The summed E-state index contributed by atoms with van der Waals surface area (Å²) in [4.78, 5) is 13.5. The Balaban J connectivity index is 1.95. The quantitative estimate of drug-likeness (QED) is 0.871. The van der Waals surface area contributed by atoms with Crippen LogP contribution in [0.4, 0.5) is 0 Å². The van der Waals surface area contributed by atoms with E-state index in [-0.39, 0.29) is 18.1 Å². The summed E-state index contributed by atoms with van der Waals surface area (Å²) in [5, 5.41) is 14.4. The topological polar surface area (TPSA) is 49.3 Å². The van der Waals surface area contributed by atoms with Crippen molar-refractivity contribution >= 4 is 17.2 Å². The van der Waals surface area contributed by atoms with Crippen LogP contribution < -0.4 is 5.32 Å². The molecule has 1 aromatic heterocycles. The zero-order valence-electron chi connectivity index (χ0n) is 11.8. The molecule has 1 heterocycles. The molecule has 1 saturated carbocycles. The molecule has 0 radical (unpaired) electrons. The molecule has 3 nitrogen and oxygen atoms in total. The maximum Gasteiger partial charge on any atom is 0.252 e. The lowest BCUT2D eigenvalue weighted by molar-refractivity contribution is 0.0232. The third-order valence-corrected chi connectivity index (χ3v) is 5.16. The van der Waals surface area contributed by atoms with Gasteiger partial charge in [-0.3, -0.25) is 4.79 Å². The Bertz CT molecular complexity index is 435. The summed E-state index contributed by atoms with van der Waals surface area (Å²) >= 11 is 1.65. The van der Waals surface area contributed by atoms with E-state index in [1.54, 1.807) is 11.3 Å². The minimum atomic E-state index is -0.162. The Morgan fingerprint density at radius 2 is 2.21 bits per heavy atom. The van der Waals surface area contributed by atoms with E-state index >= 15 is 0 Å². The summed E-state index contributed by atoms with van der Waals surface area (Å²) in [7, 11) is 0. The molecule has 1 amide bonds. The Labute approximate surface area is 119 Å². The summed E-state index contributed by atoms with van der Waals surface area (Å²) in [6.45, 7) is 6.36. The molecule has 0 spiro atoms. The fourth-order valence-corrected chi connectivity index (χ4v) is 3.44. The predicted molar refractivity (Wildman–Crippen MR) is 78.7 cm³/mol. The number of rotatable bonds is 5. The molecule has 1 atom stereocenters. The molecule has 2 N–H and O–H groups in total. The highest BCUT2D eigenvalue weighted by atomic mass is 32.1. The van der Waals surface area contributed by atoms with Gasteiger partial charge in [-0.1, -0.05) is 20.8 Å². The highest BCUT2D eigenvalue weighted by Gasteiger charge is 2.33. The molecule has 1 aliphatic carbocycles. The molecule has 106 valence electrons. The van der Waals surface area contributed by atoms with Crippen LogP contribution in [-0.4, -0.2) is 23.2 Å². The van der Waals surface area contributed by atoms with Crippen LogP contribution in [0.25, 0.3) is 0 Å². The second kappa shape index (κ2) is 6.06. The largest absolute Gasteiger partial charge is 0.393 e. The van der Waals surface area contributed by atoms with E-state index < -0.39 is 0 Å². The molecule has 0 aliphatic heterocycles. The maximum atomic E-state index is 12.2. The second-order valence-corrected chi connectivity index (χ2v) is 6.71. The lowest BCUT2D eigenvalue weighted by Crippen LogP contribution is -2.46. The molecule has 1 aromatic rings. The number of aliphatic hydroxyl groups excluding tert-OH is 1. The maximum absolute atomic E-state index is 12.2. The van der Waals surface area contributed by atoms with E-state index in [0.29, 0.717) is 11.8 Å². The Morgan fingerprint density at radius 3 is 2.68 bits per heavy atom.